The summed E-state index contributed by atoms with van der Waals surface area (Å²) in [5, 5.41) is 3.55. The van der Waals surface area contributed by atoms with Crippen molar-refractivity contribution in [3.63, 3.8) is 0 Å². The molecule has 0 aromatic heterocycles. The predicted octanol–water partition coefficient (Wildman–Crippen LogP) is 5.14. The lowest BCUT2D eigenvalue weighted by molar-refractivity contribution is 0.101. The minimum atomic E-state index is 0.130. The van der Waals surface area contributed by atoms with Crippen molar-refractivity contribution in [2.75, 3.05) is 20.2 Å². The van der Waals surface area contributed by atoms with Crippen LogP contribution in [0.3, 0.4) is 0 Å². The van der Waals surface area contributed by atoms with E-state index in [9.17, 15) is 4.79 Å². The molecule has 2 aromatic carbocycles. The average molecular weight is 368 g/mol. The van der Waals surface area contributed by atoms with Crippen molar-refractivity contribution in [1.82, 2.24) is 5.32 Å². The molecule has 1 N–H and O–H groups in total. The number of rotatable bonds is 12. The Balaban J connectivity index is 1.60. The van der Waals surface area contributed by atoms with Gasteiger partial charge in [0, 0.05) is 5.56 Å². The van der Waals surface area contributed by atoms with E-state index in [1.165, 1.54) is 30.4 Å². The molecule has 0 unspecified atom stereocenters. The van der Waals surface area contributed by atoms with Gasteiger partial charge in [0.1, 0.15) is 5.75 Å². The van der Waals surface area contributed by atoms with Crippen LogP contribution in [0.15, 0.2) is 42.5 Å². The summed E-state index contributed by atoms with van der Waals surface area (Å²) in [6.07, 6.45) is 6.75. The lowest BCUT2D eigenvalue weighted by atomic mass is 9.98. The zero-order valence-electron chi connectivity index (χ0n) is 17.0. The molecule has 2 aromatic rings. The Hall–Kier alpha value is -2.13. The maximum Gasteiger partial charge on any atom is 0.160 e. The molecule has 0 heterocycles. The number of Topliss-reactive ketones (excluding diaryl/α,β-unsaturated/α-hetero) is 1. The van der Waals surface area contributed by atoms with E-state index < -0.39 is 0 Å². The third-order valence-electron chi connectivity index (χ3n) is 5.07. The molecule has 2 rings (SSSR count). The number of aryl methyl sites for hydroxylation is 2. The fourth-order valence-electron chi connectivity index (χ4n) is 3.41. The van der Waals surface area contributed by atoms with E-state index >= 15 is 0 Å². The number of hydrogen-bond acceptors (Lipinski definition) is 3. The van der Waals surface area contributed by atoms with E-state index in [0.29, 0.717) is 0 Å². The second kappa shape index (κ2) is 11.6. The number of ether oxygens (including phenoxy) is 1. The van der Waals surface area contributed by atoms with Crippen LogP contribution >= 0.6 is 0 Å². The smallest absolute Gasteiger partial charge is 0.160 e. The van der Waals surface area contributed by atoms with Crippen LogP contribution in [0.4, 0.5) is 0 Å². The van der Waals surface area contributed by atoms with Gasteiger partial charge in [-0.05, 0) is 87.5 Å². The first-order valence-electron chi connectivity index (χ1n) is 10.0. The van der Waals surface area contributed by atoms with Crippen molar-refractivity contribution < 1.29 is 9.53 Å². The van der Waals surface area contributed by atoms with Gasteiger partial charge >= 0.3 is 0 Å². The lowest BCUT2D eigenvalue weighted by Crippen LogP contribution is -2.18. The number of hydrogen-bond donors (Lipinski definition) is 1. The van der Waals surface area contributed by atoms with Gasteiger partial charge in [-0.3, -0.25) is 4.79 Å². The van der Waals surface area contributed by atoms with Crippen LogP contribution in [0, 0.1) is 6.92 Å². The summed E-state index contributed by atoms with van der Waals surface area (Å²) in [6, 6.07) is 14.3. The number of nitrogens with one attached hydrogen (secondary N) is 1. The molecule has 0 amide bonds. The molecule has 3 nitrogen and oxygen atoms in total. The Morgan fingerprint density at radius 1 is 0.926 bits per heavy atom. The SMILES string of the molecule is COc1ccc(C(C)=O)c(CCCCCCNCCc2ccccc2C)c1. The van der Waals surface area contributed by atoms with Crippen LogP contribution in [0.5, 0.6) is 5.75 Å². The molecular formula is C24H33NO2. The monoisotopic (exact) mass is 367 g/mol. The summed E-state index contributed by atoms with van der Waals surface area (Å²) in [6.45, 7) is 5.92. The van der Waals surface area contributed by atoms with Crippen molar-refractivity contribution >= 4 is 5.78 Å². The molecule has 0 saturated heterocycles. The van der Waals surface area contributed by atoms with Crippen molar-refractivity contribution in [3.8, 4) is 5.75 Å². The first-order valence-corrected chi connectivity index (χ1v) is 10.0. The highest BCUT2D eigenvalue weighted by Crippen LogP contribution is 2.20. The fourth-order valence-corrected chi connectivity index (χ4v) is 3.41. The van der Waals surface area contributed by atoms with E-state index in [4.69, 9.17) is 4.74 Å². The number of carbonyl (C=O) groups is 1. The molecule has 0 aliphatic heterocycles. The molecule has 27 heavy (non-hydrogen) atoms. The highest BCUT2D eigenvalue weighted by molar-refractivity contribution is 5.95. The third kappa shape index (κ3) is 7.18. The third-order valence-corrected chi connectivity index (χ3v) is 5.07. The molecule has 0 spiro atoms. The Morgan fingerprint density at radius 3 is 2.44 bits per heavy atom. The van der Waals surface area contributed by atoms with Crippen LogP contribution in [-0.2, 0) is 12.8 Å². The molecule has 3 heteroatoms. The van der Waals surface area contributed by atoms with E-state index in [-0.39, 0.29) is 5.78 Å². The van der Waals surface area contributed by atoms with Crippen molar-refractivity contribution in [1.29, 1.82) is 0 Å². The molecule has 0 atom stereocenters. The standard InChI is InChI=1S/C24H33NO2/c1-19-10-7-8-11-21(19)15-17-25-16-9-5-4-6-12-22-18-23(27-3)13-14-24(22)20(2)26/h7-8,10-11,13-14,18,25H,4-6,9,12,15-17H2,1-3H3. The summed E-state index contributed by atoms with van der Waals surface area (Å²) in [5.41, 5.74) is 4.75. The van der Waals surface area contributed by atoms with Crippen molar-refractivity contribution in [2.45, 2.75) is 52.4 Å². The molecule has 0 bridgehead atoms. The van der Waals surface area contributed by atoms with Gasteiger partial charge in [0.25, 0.3) is 0 Å². The topological polar surface area (TPSA) is 38.3 Å². The van der Waals surface area contributed by atoms with Crippen LogP contribution < -0.4 is 10.1 Å². The largest absolute Gasteiger partial charge is 0.497 e. The Labute approximate surface area is 164 Å². The highest BCUT2D eigenvalue weighted by atomic mass is 16.5. The molecule has 0 radical (unpaired) electrons. The van der Waals surface area contributed by atoms with Crippen LogP contribution in [0.2, 0.25) is 0 Å². The summed E-state index contributed by atoms with van der Waals surface area (Å²) in [5.74, 6) is 0.957. The number of carbonyl (C=O) groups excluding carboxylic acids is 1. The van der Waals surface area contributed by atoms with E-state index in [2.05, 4.69) is 36.5 Å². The number of methoxy groups -OCH3 is 1. The van der Waals surface area contributed by atoms with E-state index in [1.807, 2.05) is 18.2 Å². The first-order chi connectivity index (χ1) is 13.1. The number of benzene rings is 2. The first kappa shape index (κ1) is 21.2. The Morgan fingerprint density at radius 2 is 1.70 bits per heavy atom. The van der Waals surface area contributed by atoms with E-state index in [0.717, 1.165) is 49.2 Å². The molecular weight excluding hydrogens is 334 g/mol. The van der Waals surface area contributed by atoms with Gasteiger partial charge < -0.3 is 10.1 Å². The summed E-state index contributed by atoms with van der Waals surface area (Å²) < 4.78 is 5.29. The minimum Gasteiger partial charge on any atom is -0.497 e. The molecule has 0 aliphatic carbocycles. The Kier molecular flexibility index (Phi) is 9.06. The summed E-state index contributed by atoms with van der Waals surface area (Å²) >= 11 is 0. The molecule has 0 fully saturated rings. The van der Waals surface area contributed by atoms with Gasteiger partial charge in [-0.2, -0.15) is 0 Å². The van der Waals surface area contributed by atoms with Gasteiger partial charge in [-0.15, -0.1) is 0 Å². The van der Waals surface area contributed by atoms with Gasteiger partial charge in [0.15, 0.2) is 5.78 Å². The number of ketones is 1. The predicted molar refractivity (Wildman–Crippen MR) is 113 cm³/mol. The molecule has 0 aliphatic rings. The summed E-state index contributed by atoms with van der Waals surface area (Å²) in [7, 11) is 1.67. The Bertz CT molecular complexity index is 724. The fraction of sp³-hybridized carbons (Fsp3) is 0.458. The van der Waals surface area contributed by atoms with Crippen LogP contribution in [0.25, 0.3) is 0 Å². The summed E-state index contributed by atoms with van der Waals surface area (Å²) in [4.78, 5) is 11.8. The maximum atomic E-state index is 11.8. The quantitative estimate of drug-likeness (QED) is 0.417. The van der Waals surface area contributed by atoms with Gasteiger partial charge in [0.05, 0.1) is 7.11 Å². The molecule has 0 saturated carbocycles. The normalized spacial score (nSPS) is 10.8. The zero-order valence-corrected chi connectivity index (χ0v) is 17.0. The van der Waals surface area contributed by atoms with Crippen molar-refractivity contribution in [2.24, 2.45) is 0 Å². The number of unbranched alkanes of at least 4 members (excludes halogenated alkanes) is 3. The molecule has 146 valence electrons. The second-order valence-electron chi connectivity index (χ2n) is 7.17. The van der Waals surface area contributed by atoms with Gasteiger partial charge in [-0.1, -0.05) is 37.1 Å². The maximum absolute atomic E-state index is 11.8. The zero-order chi connectivity index (χ0) is 19.5. The average Bonchev–Trinajstić information content (AvgIpc) is 2.67. The van der Waals surface area contributed by atoms with Crippen LogP contribution in [-0.4, -0.2) is 26.0 Å². The minimum absolute atomic E-state index is 0.130. The lowest BCUT2D eigenvalue weighted by Gasteiger charge is -2.10. The van der Waals surface area contributed by atoms with Gasteiger partial charge in [-0.25, -0.2) is 0 Å². The van der Waals surface area contributed by atoms with E-state index in [1.54, 1.807) is 14.0 Å². The van der Waals surface area contributed by atoms with Crippen molar-refractivity contribution in [3.05, 3.63) is 64.7 Å². The van der Waals surface area contributed by atoms with Crippen LogP contribution in [0.1, 0.15) is 59.7 Å². The highest BCUT2D eigenvalue weighted by Gasteiger charge is 2.08. The second-order valence-corrected chi connectivity index (χ2v) is 7.17. The van der Waals surface area contributed by atoms with Gasteiger partial charge in [0.2, 0.25) is 0 Å².